The molecule has 0 aromatic rings. The van der Waals surface area contributed by atoms with Crippen LogP contribution in [0.1, 0.15) is 12.8 Å². The zero-order chi connectivity index (χ0) is 6.69. The van der Waals surface area contributed by atoms with Gasteiger partial charge in [-0.25, -0.2) is 0 Å². The molecule has 1 fully saturated rings. The summed E-state index contributed by atoms with van der Waals surface area (Å²) in [5, 5.41) is 0. The molecule has 1 rings (SSSR count). The van der Waals surface area contributed by atoms with Crippen molar-refractivity contribution in [3.8, 4) is 12.3 Å². The maximum absolute atomic E-state index is 10.6. The van der Waals surface area contributed by atoms with Crippen LogP contribution >= 0.6 is 0 Å². The van der Waals surface area contributed by atoms with E-state index in [1.165, 1.54) is 0 Å². The van der Waals surface area contributed by atoms with Crippen LogP contribution < -0.4 is 0 Å². The van der Waals surface area contributed by atoms with Gasteiger partial charge in [0, 0.05) is 0 Å². The van der Waals surface area contributed by atoms with Crippen LogP contribution in [0, 0.1) is 18.3 Å². The standard InChI is InChI=1S/C7H8O2/c1-2-5-9-7(8)6-3-4-6/h1,6H,3-5H2. The Bertz CT molecular complexity index is 151. The number of esters is 1. The van der Waals surface area contributed by atoms with Crippen molar-refractivity contribution in [3.05, 3.63) is 0 Å². The molecular formula is C7H8O2. The molecule has 1 aliphatic rings. The molecule has 48 valence electrons. The molecular weight excluding hydrogens is 116 g/mol. The van der Waals surface area contributed by atoms with Gasteiger partial charge in [-0.1, -0.05) is 5.92 Å². The van der Waals surface area contributed by atoms with Gasteiger partial charge >= 0.3 is 5.97 Å². The average molecular weight is 124 g/mol. The van der Waals surface area contributed by atoms with Crippen molar-refractivity contribution in [2.75, 3.05) is 6.61 Å². The highest BCUT2D eigenvalue weighted by Gasteiger charge is 2.30. The molecule has 0 atom stereocenters. The Morgan fingerprint density at radius 2 is 2.44 bits per heavy atom. The Balaban J connectivity index is 2.12. The van der Waals surface area contributed by atoms with Gasteiger partial charge in [-0.2, -0.15) is 0 Å². The fraction of sp³-hybridized carbons (Fsp3) is 0.571. The van der Waals surface area contributed by atoms with Gasteiger partial charge in [0.25, 0.3) is 0 Å². The van der Waals surface area contributed by atoms with Crippen molar-refractivity contribution >= 4 is 5.97 Å². The fourth-order valence-corrected chi connectivity index (χ4v) is 0.550. The second-order valence-electron chi connectivity index (χ2n) is 2.09. The molecule has 0 radical (unpaired) electrons. The Morgan fingerprint density at radius 3 is 2.89 bits per heavy atom. The van der Waals surface area contributed by atoms with Crippen LogP contribution in [0.25, 0.3) is 0 Å². The zero-order valence-electron chi connectivity index (χ0n) is 5.09. The minimum absolute atomic E-state index is 0.120. The molecule has 0 aromatic carbocycles. The second-order valence-corrected chi connectivity index (χ2v) is 2.09. The van der Waals surface area contributed by atoms with Crippen LogP contribution in [-0.2, 0) is 9.53 Å². The number of carbonyl (C=O) groups is 1. The normalized spacial score (nSPS) is 16.3. The lowest BCUT2D eigenvalue weighted by molar-refractivity contribution is -0.143. The molecule has 0 amide bonds. The minimum Gasteiger partial charge on any atom is -0.452 e. The van der Waals surface area contributed by atoms with Gasteiger partial charge in [0.05, 0.1) is 5.92 Å². The van der Waals surface area contributed by atoms with Crippen LogP contribution in [0.5, 0.6) is 0 Å². The summed E-state index contributed by atoms with van der Waals surface area (Å²) in [5.74, 6) is 2.27. The molecule has 0 spiro atoms. The second kappa shape index (κ2) is 2.54. The van der Waals surface area contributed by atoms with Crippen LogP contribution in [-0.4, -0.2) is 12.6 Å². The molecule has 1 saturated carbocycles. The van der Waals surface area contributed by atoms with E-state index in [4.69, 9.17) is 6.42 Å². The molecule has 0 bridgehead atoms. The summed E-state index contributed by atoms with van der Waals surface area (Å²) in [4.78, 5) is 10.6. The molecule has 2 heteroatoms. The lowest BCUT2D eigenvalue weighted by Gasteiger charge is -1.95. The quantitative estimate of drug-likeness (QED) is 0.397. The Hall–Kier alpha value is -0.970. The molecule has 0 heterocycles. The van der Waals surface area contributed by atoms with E-state index in [2.05, 4.69) is 10.7 Å². The third-order valence-electron chi connectivity index (χ3n) is 1.21. The van der Waals surface area contributed by atoms with Gasteiger partial charge in [-0.3, -0.25) is 4.79 Å². The first kappa shape index (κ1) is 6.15. The summed E-state index contributed by atoms with van der Waals surface area (Å²) in [6, 6.07) is 0. The first-order chi connectivity index (χ1) is 4.34. The van der Waals surface area contributed by atoms with Gasteiger partial charge in [0.1, 0.15) is 0 Å². The van der Waals surface area contributed by atoms with Crippen molar-refractivity contribution in [2.24, 2.45) is 5.92 Å². The van der Waals surface area contributed by atoms with Crippen LogP contribution in [0.2, 0.25) is 0 Å². The third kappa shape index (κ3) is 1.77. The van der Waals surface area contributed by atoms with E-state index in [0.717, 1.165) is 12.8 Å². The topological polar surface area (TPSA) is 26.3 Å². The van der Waals surface area contributed by atoms with E-state index in [-0.39, 0.29) is 18.5 Å². The van der Waals surface area contributed by atoms with E-state index in [1.807, 2.05) is 0 Å². The van der Waals surface area contributed by atoms with Gasteiger partial charge in [-0.15, -0.1) is 6.42 Å². The number of rotatable bonds is 2. The highest BCUT2D eigenvalue weighted by molar-refractivity contribution is 5.75. The molecule has 0 saturated heterocycles. The Labute approximate surface area is 54.2 Å². The van der Waals surface area contributed by atoms with Crippen molar-refractivity contribution in [2.45, 2.75) is 12.8 Å². The number of carbonyl (C=O) groups excluding carboxylic acids is 1. The van der Waals surface area contributed by atoms with Crippen molar-refractivity contribution < 1.29 is 9.53 Å². The summed E-state index contributed by atoms with van der Waals surface area (Å²) < 4.78 is 4.64. The van der Waals surface area contributed by atoms with Gasteiger partial charge in [0.15, 0.2) is 6.61 Å². The van der Waals surface area contributed by atoms with Crippen LogP contribution in [0.15, 0.2) is 0 Å². The molecule has 0 aromatic heterocycles. The number of terminal acetylenes is 1. The SMILES string of the molecule is C#CCOC(=O)C1CC1. The Kier molecular flexibility index (Phi) is 1.74. The largest absolute Gasteiger partial charge is 0.452 e. The number of hydrogen-bond donors (Lipinski definition) is 0. The van der Waals surface area contributed by atoms with E-state index < -0.39 is 0 Å². The Morgan fingerprint density at radius 1 is 1.78 bits per heavy atom. The molecule has 0 N–H and O–H groups in total. The first-order valence-corrected chi connectivity index (χ1v) is 2.94. The molecule has 2 nitrogen and oxygen atoms in total. The van der Waals surface area contributed by atoms with Crippen LogP contribution in [0.4, 0.5) is 0 Å². The lowest BCUT2D eigenvalue weighted by atomic mass is 10.4. The summed E-state index contributed by atoms with van der Waals surface area (Å²) >= 11 is 0. The molecule has 1 aliphatic carbocycles. The van der Waals surface area contributed by atoms with E-state index in [0.29, 0.717) is 0 Å². The predicted octanol–water partition coefficient (Wildman–Crippen LogP) is 0.573. The minimum atomic E-state index is -0.132. The number of hydrogen-bond acceptors (Lipinski definition) is 2. The van der Waals surface area contributed by atoms with E-state index in [1.54, 1.807) is 0 Å². The van der Waals surface area contributed by atoms with Crippen molar-refractivity contribution in [1.29, 1.82) is 0 Å². The fourth-order valence-electron chi connectivity index (χ4n) is 0.550. The van der Waals surface area contributed by atoms with E-state index >= 15 is 0 Å². The molecule has 0 unspecified atom stereocenters. The summed E-state index contributed by atoms with van der Waals surface area (Å²) in [6.07, 6.45) is 6.82. The first-order valence-electron chi connectivity index (χ1n) is 2.94. The van der Waals surface area contributed by atoms with Crippen LogP contribution in [0.3, 0.4) is 0 Å². The maximum Gasteiger partial charge on any atom is 0.309 e. The maximum atomic E-state index is 10.6. The van der Waals surface area contributed by atoms with Gasteiger partial charge in [-0.05, 0) is 12.8 Å². The van der Waals surface area contributed by atoms with Crippen molar-refractivity contribution in [1.82, 2.24) is 0 Å². The predicted molar refractivity (Wildman–Crippen MR) is 32.5 cm³/mol. The highest BCUT2D eigenvalue weighted by atomic mass is 16.5. The highest BCUT2D eigenvalue weighted by Crippen LogP contribution is 2.29. The van der Waals surface area contributed by atoms with Crippen molar-refractivity contribution in [3.63, 3.8) is 0 Å². The lowest BCUT2D eigenvalue weighted by Crippen LogP contribution is -2.05. The molecule has 0 aliphatic heterocycles. The molecule has 9 heavy (non-hydrogen) atoms. The smallest absolute Gasteiger partial charge is 0.309 e. The van der Waals surface area contributed by atoms with Gasteiger partial charge in [0.2, 0.25) is 0 Å². The summed E-state index contributed by atoms with van der Waals surface area (Å²) in [7, 11) is 0. The van der Waals surface area contributed by atoms with Gasteiger partial charge < -0.3 is 4.74 Å². The zero-order valence-corrected chi connectivity index (χ0v) is 5.09. The summed E-state index contributed by atoms with van der Waals surface area (Å²) in [5.41, 5.74) is 0. The number of ether oxygens (including phenoxy) is 1. The third-order valence-corrected chi connectivity index (χ3v) is 1.21. The monoisotopic (exact) mass is 124 g/mol. The van der Waals surface area contributed by atoms with E-state index in [9.17, 15) is 4.79 Å². The summed E-state index contributed by atoms with van der Waals surface area (Å²) in [6.45, 7) is 0.120. The average Bonchev–Trinajstić information content (AvgIpc) is 2.63.